The molecule has 3 rings (SSSR count). The molecular weight excluding hydrogens is 288 g/mol. The lowest BCUT2D eigenvalue weighted by Crippen LogP contribution is -2.28. The van der Waals surface area contributed by atoms with Crippen LogP contribution in [0.1, 0.15) is 46.7 Å². The number of aromatic nitrogens is 3. The minimum atomic E-state index is -0.0526. The summed E-state index contributed by atoms with van der Waals surface area (Å²) in [5.41, 5.74) is 4.87. The average Bonchev–Trinajstić information content (AvgIpc) is 3.07. The van der Waals surface area contributed by atoms with E-state index in [0.29, 0.717) is 5.56 Å². The zero-order valence-corrected chi connectivity index (χ0v) is 14.0. The lowest BCUT2D eigenvalue weighted by atomic mass is 10.0. The summed E-state index contributed by atoms with van der Waals surface area (Å²) in [4.78, 5) is 12.6. The number of nitrogens with one attached hydrogen (secondary N) is 1. The first-order valence-electron chi connectivity index (χ1n) is 7.89. The van der Waals surface area contributed by atoms with Gasteiger partial charge in [-0.15, -0.1) is 0 Å². The third-order valence-electron chi connectivity index (χ3n) is 4.39. The number of pyridine rings is 1. The number of aryl methyl sites for hydroxylation is 2. The van der Waals surface area contributed by atoms with Crippen molar-refractivity contribution in [1.29, 1.82) is 0 Å². The first-order valence-corrected chi connectivity index (χ1v) is 7.89. The van der Waals surface area contributed by atoms with Crippen LogP contribution in [0.4, 0.5) is 0 Å². The number of hydrogen-bond acceptors (Lipinski definition) is 2. The van der Waals surface area contributed by atoms with E-state index < -0.39 is 0 Å². The molecule has 0 spiro atoms. The molecule has 0 aliphatic heterocycles. The largest absolute Gasteiger partial charge is 0.345 e. The van der Waals surface area contributed by atoms with Crippen LogP contribution in [0.2, 0.25) is 0 Å². The van der Waals surface area contributed by atoms with Gasteiger partial charge < -0.3 is 9.72 Å². The van der Waals surface area contributed by atoms with Crippen molar-refractivity contribution < 1.29 is 4.79 Å². The van der Waals surface area contributed by atoms with Crippen LogP contribution in [0.3, 0.4) is 0 Å². The van der Waals surface area contributed by atoms with E-state index >= 15 is 0 Å². The second-order valence-corrected chi connectivity index (χ2v) is 5.90. The smallest absolute Gasteiger partial charge is 0.253 e. The van der Waals surface area contributed by atoms with Crippen LogP contribution in [0.25, 0.3) is 5.52 Å². The maximum absolute atomic E-state index is 12.6. The number of carbonyl (C=O) groups excluding carboxylic acids is 1. The van der Waals surface area contributed by atoms with Crippen molar-refractivity contribution in [3.8, 4) is 0 Å². The first-order chi connectivity index (χ1) is 11.0. The number of fused-ring (bicyclic) bond motifs is 1. The van der Waals surface area contributed by atoms with Crippen LogP contribution >= 0.6 is 0 Å². The fourth-order valence-electron chi connectivity index (χ4n) is 3.09. The van der Waals surface area contributed by atoms with Gasteiger partial charge in [-0.1, -0.05) is 13.0 Å². The molecule has 3 aromatic rings. The highest BCUT2D eigenvalue weighted by molar-refractivity contribution is 5.95. The van der Waals surface area contributed by atoms with E-state index in [4.69, 9.17) is 0 Å². The SMILES string of the molecule is CC[C@H](NC(=O)c1cc2ccccn2c1)c1c(C)nn(C)c1C. The maximum Gasteiger partial charge on any atom is 0.253 e. The molecule has 0 aliphatic carbocycles. The van der Waals surface area contributed by atoms with Gasteiger partial charge in [0.25, 0.3) is 5.91 Å². The number of nitrogens with zero attached hydrogens (tertiary/aromatic N) is 3. The molecule has 0 aliphatic rings. The van der Waals surface area contributed by atoms with Crippen molar-refractivity contribution in [1.82, 2.24) is 19.5 Å². The van der Waals surface area contributed by atoms with Gasteiger partial charge in [0.1, 0.15) is 0 Å². The lowest BCUT2D eigenvalue weighted by Gasteiger charge is -2.17. The summed E-state index contributed by atoms with van der Waals surface area (Å²) in [6.07, 6.45) is 4.63. The highest BCUT2D eigenvalue weighted by Crippen LogP contribution is 2.24. The molecule has 1 N–H and O–H groups in total. The quantitative estimate of drug-likeness (QED) is 0.804. The van der Waals surface area contributed by atoms with Gasteiger partial charge in [-0.05, 0) is 38.5 Å². The normalized spacial score (nSPS) is 12.5. The monoisotopic (exact) mass is 310 g/mol. The van der Waals surface area contributed by atoms with E-state index in [0.717, 1.165) is 28.9 Å². The summed E-state index contributed by atoms with van der Waals surface area (Å²) in [7, 11) is 1.93. The van der Waals surface area contributed by atoms with Gasteiger partial charge in [0.2, 0.25) is 0 Å². The van der Waals surface area contributed by atoms with Gasteiger partial charge in [0.05, 0.1) is 17.3 Å². The second-order valence-electron chi connectivity index (χ2n) is 5.90. The number of amides is 1. The Hall–Kier alpha value is -2.56. The van der Waals surface area contributed by atoms with Crippen LogP contribution in [0, 0.1) is 13.8 Å². The fourth-order valence-corrected chi connectivity index (χ4v) is 3.09. The van der Waals surface area contributed by atoms with Crippen molar-refractivity contribution in [2.45, 2.75) is 33.2 Å². The summed E-state index contributed by atoms with van der Waals surface area (Å²) in [5.74, 6) is -0.0526. The molecule has 23 heavy (non-hydrogen) atoms. The molecule has 3 aromatic heterocycles. The van der Waals surface area contributed by atoms with E-state index in [1.54, 1.807) is 0 Å². The molecule has 0 fully saturated rings. The highest BCUT2D eigenvalue weighted by Gasteiger charge is 2.21. The van der Waals surface area contributed by atoms with E-state index in [2.05, 4.69) is 17.3 Å². The highest BCUT2D eigenvalue weighted by atomic mass is 16.1. The minimum absolute atomic E-state index is 0.0285. The predicted molar refractivity (Wildman–Crippen MR) is 90.6 cm³/mol. The molecule has 0 saturated carbocycles. The topological polar surface area (TPSA) is 51.3 Å². The number of rotatable bonds is 4. The molecule has 0 aromatic carbocycles. The second kappa shape index (κ2) is 5.91. The Kier molecular flexibility index (Phi) is 3.94. The Morgan fingerprint density at radius 3 is 2.74 bits per heavy atom. The van der Waals surface area contributed by atoms with Gasteiger partial charge in [-0.2, -0.15) is 5.10 Å². The third-order valence-corrected chi connectivity index (χ3v) is 4.39. The summed E-state index contributed by atoms with van der Waals surface area (Å²) < 4.78 is 3.82. The maximum atomic E-state index is 12.6. The molecule has 3 heterocycles. The molecule has 5 nitrogen and oxygen atoms in total. The van der Waals surface area contributed by atoms with E-state index in [-0.39, 0.29) is 11.9 Å². The van der Waals surface area contributed by atoms with E-state index in [9.17, 15) is 4.79 Å². The van der Waals surface area contributed by atoms with Crippen molar-refractivity contribution in [2.75, 3.05) is 0 Å². The Balaban J connectivity index is 1.87. The van der Waals surface area contributed by atoms with E-state index in [1.807, 2.05) is 66.6 Å². The number of hydrogen-bond donors (Lipinski definition) is 1. The summed E-state index contributed by atoms with van der Waals surface area (Å²) in [6, 6.07) is 7.79. The van der Waals surface area contributed by atoms with Gasteiger partial charge >= 0.3 is 0 Å². The minimum Gasteiger partial charge on any atom is -0.345 e. The zero-order chi connectivity index (χ0) is 16.6. The Bertz CT molecular complexity index is 826. The molecule has 1 atom stereocenters. The fraction of sp³-hybridized carbons (Fsp3) is 0.333. The van der Waals surface area contributed by atoms with Gasteiger partial charge in [-0.25, -0.2) is 0 Å². The third kappa shape index (κ3) is 2.74. The summed E-state index contributed by atoms with van der Waals surface area (Å²) >= 11 is 0. The zero-order valence-electron chi connectivity index (χ0n) is 14.0. The average molecular weight is 310 g/mol. The Morgan fingerprint density at radius 1 is 1.35 bits per heavy atom. The standard InChI is InChI=1S/C18H22N4O/c1-5-16(17-12(2)20-21(4)13(17)3)19-18(23)14-10-15-8-6-7-9-22(15)11-14/h6-11,16H,5H2,1-4H3,(H,19,23)/t16-/m0/s1. The van der Waals surface area contributed by atoms with Crippen molar-refractivity contribution in [3.63, 3.8) is 0 Å². The summed E-state index contributed by atoms with van der Waals surface area (Å²) in [6.45, 7) is 6.10. The lowest BCUT2D eigenvalue weighted by molar-refractivity contribution is 0.0935. The van der Waals surface area contributed by atoms with Crippen LogP contribution < -0.4 is 5.32 Å². The van der Waals surface area contributed by atoms with E-state index in [1.165, 1.54) is 0 Å². The molecule has 5 heteroatoms. The molecule has 0 saturated heterocycles. The first kappa shape index (κ1) is 15.3. The molecule has 120 valence electrons. The van der Waals surface area contributed by atoms with Crippen LogP contribution in [0.5, 0.6) is 0 Å². The Morgan fingerprint density at radius 2 is 2.13 bits per heavy atom. The van der Waals surface area contributed by atoms with Crippen molar-refractivity contribution >= 4 is 11.4 Å². The molecule has 0 radical (unpaired) electrons. The van der Waals surface area contributed by atoms with Crippen LogP contribution in [-0.2, 0) is 7.05 Å². The molecule has 1 amide bonds. The predicted octanol–water partition coefficient (Wildman–Crippen LogP) is 3.17. The van der Waals surface area contributed by atoms with Crippen LogP contribution in [0.15, 0.2) is 36.7 Å². The van der Waals surface area contributed by atoms with Gasteiger partial charge in [0, 0.05) is 36.2 Å². The molecular formula is C18H22N4O. The Labute approximate surface area is 135 Å². The van der Waals surface area contributed by atoms with Gasteiger partial charge in [0.15, 0.2) is 0 Å². The molecule has 0 unspecified atom stereocenters. The summed E-state index contributed by atoms with van der Waals surface area (Å²) in [5, 5.41) is 7.61. The van der Waals surface area contributed by atoms with Crippen LogP contribution in [-0.4, -0.2) is 20.1 Å². The van der Waals surface area contributed by atoms with Crippen molar-refractivity contribution in [2.24, 2.45) is 7.05 Å². The molecule has 0 bridgehead atoms. The number of carbonyl (C=O) groups is 1. The van der Waals surface area contributed by atoms with Crippen molar-refractivity contribution in [3.05, 3.63) is 59.2 Å². The van der Waals surface area contributed by atoms with Gasteiger partial charge in [-0.3, -0.25) is 9.48 Å².